The van der Waals surface area contributed by atoms with E-state index in [2.05, 4.69) is 5.16 Å². The van der Waals surface area contributed by atoms with Crippen LogP contribution in [0.25, 0.3) is 11.1 Å². The Morgan fingerprint density at radius 2 is 2.25 bits per heavy atom. The van der Waals surface area contributed by atoms with Crippen LogP contribution in [0.4, 0.5) is 10.3 Å². The molecular formula is C10H8ClFN2O2. The van der Waals surface area contributed by atoms with E-state index in [0.29, 0.717) is 11.1 Å². The van der Waals surface area contributed by atoms with Gasteiger partial charge in [0, 0.05) is 0 Å². The Bertz CT molecular complexity index is 528. The van der Waals surface area contributed by atoms with Gasteiger partial charge in [0.1, 0.15) is 0 Å². The monoisotopic (exact) mass is 242 g/mol. The van der Waals surface area contributed by atoms with E-state index in [1.165, 1.54) is 25.4 Å². The number of halogens is 2. The first kappa shape index (κ1) is 10.8. The highest BCUT2D eigenvalue weighted by atomic mass is 35.5. The quantitative estimate of drug-likeness (QED) is 0.880. The van der Waals surface area contributed by atoms with Gasteiger partial charge in [-0.2, -0.15) is 0 Å². The van der Waals surface area contributed by atoms with Crippen molar-refractivity contribution in [1.82, 2.24) is 5.16 Å². The van der Waals surface area contributed by atoms with Crippen molar-refractivity contribution in [2.45, 2.75) is 0 Å². The van der Waals surface area contributed by atoms with E-state index in [9.17, 15) is 4.39 Å². The van der Waals surface area contributed by atoms with Crippen molar-refractivity contribution in [3.8, 4) is 16.9 Å². The van der Waals surface area contributed by atoms with Gasteiger partial charge in [0.05, 0.1) is 23.9 Å². The molecule has 0 aliphatic rings. The van der Waals surface area contributed by atoms with Gasteiger partial charge in [-0.25, -0.2) is 4.39 Å². The van der Waals surface area contributed by atoms with E-state index in [1.54, 1.807) is 0 Å². The first-order chi connectivity index (χ1) is 7.63. The third kappa shape index (κ3) is 1.69. The number of methoxy groups -OCH3 is 1. The van der Waals surface area contributed by atoms with Gasteiger partial charge in [-0.3, -0.25) is 0 Å². The van der Waals surface area contributed by atoms with Crippen molar-refractivity contribution >= 4 is 17.5 Å². The second-order valence-electron chi connectivity index (χ2n) is 3.08. The second-order valence-corrected chi connectivity index (χ2v) is 3.49. The molecular weight excluding hydrogens is 235 g/mol. The first-order valence-electron chi connectivity index (χ1n) is 4.37. The number of nitrogens with two attached hydrogens (primary N) is 1. The average Bonchev–Trinajstić information content (AvgIpc) is 2.68. The van der Waals surface area contributed by atoms with Crippen molar-refractivity contribution in [3.05, 3.63) is 29.2 Å². The van der Waals surface area contributed by atoms with Crippen LogP contribution in [-0.4, -0.2) is 12.3 Å². The van der Waals surface area contributed by atoms with Crippen molar-refractivity contribution in [3.63, 3.8) is 0 Å². The van der Waals surface area contributed by atoms with Gasteiger partial charge < -0.3 is 15.0 Å². The minimum atomic E-state index is -0.608. The number of benzene rings is 1. The fourth-order valence-corrected chi connectivity index (χ4v) is 1.54. The summed E-state index contributed by atoms with van der Waals surface area (Å²) in [5, 5.41) is 3.48. The summed E-state index contributed by atoms with van der Waals surface area (Å²) >= 11 is 5.72. The molecule has 2 N–H and O–H groups in total. The Labute approximate surface area is 95.7 Å². The van der Waals surface area contributed by atoms with Crippen LogP contribution in [0, 0.1) is 5.82 Å². The van der Waals surface area contributed by atoms with Crippen LogP contribution >= 0.6 is 11.6 Å². The summed E-state index contributed by atoms with van der Waals surface area (Å²) in [7, 11) is 1.36. The van der Waals surface area contributed by atoms with Crippen LogP contribution in [0.3, 0.4) is 0 Å². The molecule has 4 nitrogen and oxygen atoms in total. The minimum Gasteiger partial charge on any atom is -0.494 e. The van der Waals surface area contributed by atoms with Crippen LogP contribution in [0.2, 0.25) is 5.02 Å². The van der Waals surface area contributed by atoms with E-state index in [0.717, 1.165) is 0 Å². The number of hydrogen-bond donors (Lipinski definition) is 1. The number of aromatic nitrogens is 1. The van der Waals surface area contributed by atoms with Crippen LogP contribution in [0.5, 0.6) is 5.75 Å². The highest BCUT2D eigenvalue weighted by Crippen LogP contribution is 2.34. The van der Waals surface area contributed by atoms with Gasteiger partial charge in [0.2, 0.25) is 5.88 Å². The van der Waals surface area contributed by atoms with Gasteiger partial charge >= 0.3 is 0 Å². The van der Waals surface area contributed by atoms with Gasteiger partial charge in [0.25, 0.3) is 0 Å². The summed E-state index contributed by atoms with van der Waals surface area (Å²) in [6.07, 6.45) is 1.43. The van der Waals surface area contributed by atoms with E-state index in [-0.39, 0.29) is 16.7 Å². The molecule has 0 radical (unpaired) electrons. The van der Waals surface area contributed by atoms with Gasteiger partial charge in [-0.1, -0.05) is 16.8 Å². The molecule has 0 spiro atoms. The molecule has 84 valence electrons. The summed E-state index contributed by atoms with van der Waals surface area (Å²) in [4.78, 5) is 0. The molecule has 0 bridgehead atoms. The summed E-state index contributed by atoms with van der Waals surface area (Å²) < 4.78 is 23.0. The lowest BCUT2D eigenvalue weighted by molar-refractivity contribution is 0.387. The Balaban J connectivity index is 2.59. The topological polar surface area (TPSA) is 61.3 Å². The van der Waals surface area contributed by atoms with Gasteiger partial charge in [0.15, 0.2) is 11.6 Å². The van der Waals surface area contributed by atoms with Gasteiger partial charge in [-0.05, 0) is 17.7 Å². The Kier molecular flexibility index (Phi) is 2.70. The Morgan fingerprint density at radius 3 is 2.81 bits per heavy atom. The number of hydrogen-bond acceptors (Lipinski definition) is 4. The number of anilines is 1. The molecule has 0 unspecified atom stereocenters. The first-order valence-corrected chi connectivity index (χ1v) is 4.75. The summed E-state index contributed by atoms with van der Waals surface area (Å²) in [6.45, 7) is 0. The highest BCUT2D eigenvalue weighted by molar-refractivity contribution is 6.31. The Hall–Kier alpha value is -1.75. The van der Waals surface area contributed by atoms with E-state index < -0.39 is 5.82 Å². The summed E-state index contributed by atoms with van der Waals surface area (Å²) in [5.74, 6) is -0.421. The molecule has 1 aromatic carbocycles. The predicted octanol–water partition coefficient (Wildman–Crippen LogP) is 2.72. The number of nitrogens with zero attached hydrogens (tertiary/aromatic N) is 1. The molecule has 2 rings (SSSR count). The maximum Gasteiger partial charge on any atom is 0.229 e. The molecule has 2 aromatic rings. The zero-order valence-electron chi connectivity index (χ0n) is 8.33. The predicted molar refractivity (Wildman–Crippen MR) is 57.9 cm³/mol. The summed E-state index contributed by atoms with van der Waals surface area (Å²) in [6, 6.07) is 2.91. The summed E-state index contributed by atoms with van der Waals surface area (Å²) in [5.41, 5.74) is 6.67. The van der Waals surface area contributed by atoms with Crippen LogP contribution < -0.4 is 10.5 Å². The third-order valence-electron chi connectivity index (χ3n) is 2.12. The lowest BCUT2D eigenvalue weighted by Crippen LogP contribution is -1.91. The molecule has 0 aliphatic heterocycles. The van der Waals surface area contributed by atoms with Crippen LogP contribution in [0.15, 0.2) is 22.9 Å². The molecule has 1 heterocycles. The van der Waals surface area contributed by atoms with E-state index in [4.69, 9.17) is 26.6 Å². The van der Waals surface area contributed by atoms with Crippen molar-refractivity contribution in [2.24, 2.45) is 0 Å². The number of nitrogen functional groups attached to an aromatic ring is 1. The second kappa shape index (κ2) is 4.02. The lowest BCUT2D eigenvalue weighted by Gasteiger charge is -2.06. The molecule has 16 heavy (non-hydrogen) atoms. The normalized spacial score (nSPS) is 10.4. The largest absolute Gasteiger partial charge is 0.494 e. The zero-order chi connectivity index (χ0) is 11.7. The van der Waals surface area contributed by atoms with Crippen molar-refractivity contribution in [1.29, 1.82) is 0 Å². The van der Waals surface area contributed by atoms with E-state index >= 15 is 0 Å². The standard InChI is InChI=1S/C10H8ClFN2O2/c1-15-8-3-5(2-7(11)9(8)12)6-4-14-16-10(6)13/h2-4H,13H2,1H3. The van der Waals surface area contributed by atoms with Crippen LogP contribution in [-0.2, 0) is 0 Å². The minimum absolute atomic E-state index is 0.0445. The molecule has 0 saturated heterocycles. The van der Waals surface area contributed by atoms with Crippen molar-refractivity contribution < 1.29 is 13.7 Å². The highest BCUT2D eigenvalue weighted by Gasteiger charge is 2.14. The fraction of sp³-hybridized carbons (Fsp3) is 0.100. The number of ether oxygens (including phenoxy) is 1. The van der Waals surface area contributed by atoms with Gasteiger partial charge in [-0.15, -0.1) is 0 Å². The zero-order valence-corrected chi connectivity index (χ0v) is 9.08. The maximum atomic E-state index is 13.4. The SMILES string of the molecule is COc1cc(-c2cnoc2N)cc(Cl)c1F. The molecule has 6 heteroatoms. The molecule has 0 atom stereocenters. The number of rotatable bonds is 2. The molecule has 1 aromatic heterocycles. The molecule has 0 aliphatic carbocycles. The van der Waals surface area contributed by atoms with Crippen molar-refractivity contribution in [2.75, 3.05) is 12.8 Å². The maximum absolute atomic E-state index is 13.4. The third-order valence-corrected chi connectivity index (χ3v) is 2.40. The Morgan fingerprint density at radius 1 is 1.50 bits per heavy atom. The smallest absolute Gasteiger partial charge is 0.229 e. The molecule has 0 fully saturated rings. The lowest BCUT2D eigenvalue weighted by atomic mass is 10.1. The molecule has 0 saturated carbocycles. The van der Waals surface area contributed by atoms with E-state index in [1.807, 2.05) is 0 Å². The van der Waals surface area contributed by atoms with Crippen LogP contribution in [0.1, 0.15) is 0 Å². The fourth-order valence-electron chi connectivity index (χ4n) is 1.33. The average molecular weight is 243 g/mol. The molecule has 0 amide bonds.